The normalized spacial score (nSPS) is 24.0. The van der Waals surface area contributed by atoms with Crippen molar-refractivity contribution >= 4 is 52.2 Å². The Hall–Kier alpha value is -3.19. The van der Waals surface area contributed by atoms with Crippen LogP contribution < -0.4 is 10.6 Å². The quantitative estimate of drug-likeness (QED) is 0.405. The van der Waals surface area contributed by atoms with E-state index >= 15 is 0 Å². The summed E-state index contributed by atoms with van der Waals surface area (Å²) in [4.78, 5) is 40.2. The van der Waals surface area contributed by atoms with Gasteiger partial charge in [-0.2, -0.15) is 0 Å². The van der Waals surface area contributed by atoms with Crippen LogP contribution in [0.1, 0.15) is 24.8 Å². The first-order valence-electron chi connectivity index (χ1n) is 11.1. The molecule has 0 spiro atoms. The van der Waals surface area contributed by atoms with E-state index in [0.29, 0.717) is 27.0 Å². The van der Waals surface area contributed by atoms with Gasteiger partial charge in [-0.15, -0.1) is 0 Å². The topological polar surface area (TPSA) is 95.5 Å². The van der Waals surface area contributed by atoms with E-state index < -0.39 is 41.0 Å². The number of hydrogen-bond acceptors (Lipinski definition) is 4. The Morgan fingerprint density at radius 2 is 1.31 bits per heavy atom. The number of benzene rings is 3. The molecule has 1 aliphatic carbocycles. The zero-order chi connectivity index (χ0) is 25.2. The first kappa shape index (κ1) is 24.9. The van der Waals surface area contributed by atoms with E-state index in [4.69, 9.17) is 23.2 Å². The van der Waals surface area contributed by atoms with Crippen LogP contribution in [-0.4, -0.2) is 28.3 Å². The van der Waals surface area contributed by atoms with Gasteiger partial charge in [0.15, 0.2) is 0 Å². The lowest BCUT2D eigenvalue weighted by atomic mass is 9.61. The summed E-state index contributed by atoms with van der Waals surface area (Å²) in [6.45, 7) is 1.46. The number of nitrogens with one attached hydrogen (secondary N) is 2. The highest BCUT2D eigenvalue weighted by Gasteiger charge is 2.55. The Morgan fingerprint density at radius 1 is 0.829 bits per heavy atom. The number of hydrogen-bond donors (Lipinski definition) is 3. The monoisotopic (exact) mass is 510 g/mol. The molecule has 0 unspecified atom stereocenters. The number of halogens is 2. The molecular weight excluding hydrogens is 487 g/mol. The first-order chi connectivity index (χ1) is 16.7. The fourth-order valence-electron chi connectivity index (χ4n) is 4.67. The largest absolute Gasteiger partial charge is 0.389 e. The number of rotatable bonds is 5. The number of carbonyl (C=O) groups excluding carboxylic acids is 3. The molecule has 0 heterocycles. The Balaban J connectivity index is 1.73. The standard InChI is InChI=1S/C27H24Cl2N2O4/c1-27(35)15-21(32)23(25(33)30-19-11-7-17(28)8-12-19)22(16-5-3-2-4-6-16)24(27)26(34)31-20-13-9-18(29)10-14-20/h2-14,22-24,35H,15H2,1H3,(H,30,33)(H,31,34)/t22-,23+,24-,27+/m1/s1. The molecular formula is C27H24Cl2N2O4. The molecule has 180 valence electrons. The van der Waals surface area contributed by atoms with Gasteiger partial charge in [-0.1, -0.05) is 53.5 Å². The van der Waals surface area contributed by atoms with Crippen molar-refractivity contribution in [2.45, 2.75) is 24.9 Å². The molecule has 2 amide bonds. The molecule has 6 nitrogen and oxygen atoms in total. The van der Waals surface area contributed by atoms with Crippen molar-refractivity contribution in [1.82, 2.24) is 0 Å². The summed E-state index contributed by atoms with van der Waals surface area (Å²) in [5.74, 6) is -4.65. The van der Waals surface area contributed by atoms with Crippen LogP contribution in [-0.2, 0) is 14.4 Å². The summed E-state index contributed by atoms with van der Waals surface area (Å²) in [6, 6.07) is 21.9. The molecule has 0 radical (unpaired) electrons. The highest BCUT2D eigenvalue weighted by Crippen LogP contribution is 2.46. The van der Waals surface area contributed by atoms with Crippen LogP contribution in [0.25, 0.3) is 0 Å². The highest BCUT2D eigenvalue weighted by atomic mass is 35.5. The lowest BCUT2D eigenvalue weighted by molar-refractivity contribution is -0.150. The summed E-state index contributed by atoms with van der Waals surface area (Å²) in [6.07, 6.45) is -0.340. The number of Topliss-reactive ketones (excluding diaryl/α,β-unsaturated/α-hetero) is 1. The number of ketones is 1. The Labute approximate surface area is 213 Å². The fraction of sp³-hybridized carbons (Fsp3) is 0.222. The highest BCUT2D eigenvalue weighted by molar-refractivity contribution is 6.31. The lowest BCUT2D eigenvalue weighted by Gasteiger charge is -2.44. The molecule has 1 fully saturated rings. The van der Waals surface area contributed by atoms with Gasteiger partial charge in [0.1, 0.15) is 11.7 Å². The van der Waals surface area contributed by atoms with Gasteiger partial charge in [-0.3, -0.25) is 14.4 Å². The third kappa shape index (κ3) is 5.56. The van der Waals surface area contributed by atoms with Crippen molar-refractivity contribution in [3.05, 3.63) is 94.5 Å². The molecule has 1 aliphatic rings. The van der Waals surface area contributed by atoms with Gasteiger partial charge in [0, 0.05) is 33.8 Å². The maximum atomic E-state index is 13.6. The second kappa shape index (κ2) is 10.2. The minimum absolute atomic E-state index is 0.340. The summed E-state index contributed by atoms with van der Waals surface area (Å²) in [5, 5.41) is 17.9. The number of carbonyl (C=O) groups is 3. The van der Waals surface area contributed by atoms with Crippen LogP contribution in [0.15, 0.2) is 78.9 Å². The molecule has 0 aliphatic heterocycles. The van der Waals surface area contributed by atoms with E-state index in [1.165, 1.54) is 6.92 Å². The van der Waals surface area contributed by atoms with Crippen LogP contribution in [0.2, 0.25) is 10.0 Å². The molecule has 0 aromatic heterocycles. The van der Waals surface area contributed by atoms with Gasteiger partial charge in [0.05, 0.1) is 11.5 Å². The van der Waals surface area contributed by atoms with Crippen LogP contribution in [0.5, 0.6) is 0 Å². The zero-order valence-corrected chi connectivity index (χ0v) is 20.4. The minimum atomic E-state index is -1.68. The Bertz CT molecular complexity index is 1230. The molecule has 4 rings (SSSR count). The molecule has 3 N–H and O–H groups in total. The minimum Gasteiger partial charge on any atom is -0.389 e. The van der Waals surface area contributed by atoms with E-state index in [1.54, 1.807) is 78.9 Å². The van der Waals surface area contributed by atoms with Crippen molar-refractivity contribution in [3.8, 4) is 0 Å². The van der Waals surface area contributed by atoms with Crippen molar-refractivity contribution in [2.75, 3.05) is 10.6 Å². The predicted molar refractivity (Wildman–Crippen MR) is 137 cm³/mol. The first-order valence-corrected chi connectivity index (χ1v) is 11.8. The zero-order valence-electron chi connectivity index (χ0n) is 18.9. The SMILES string of the molecule is C[C@]1(O)CC(=O)[C@H](C(=O)Nc2ccc(Cl)cc2)[C@@H](c2ccccc2)[C@@H]1C(=O)Nc1ccc(Cl)cc1. The summed E-state index contributed by atoms with van der Waals surface area (Å²) < 4.78 is 0. The smallest absolute Gasteiger partial charge is 0.235 e. The lowest BCUT2D eigenvalue weighted by Crippen LogP contribution is -2.56. The van der Waals surface area contributed by atoms with Gasteiger partial charge >= 0.3 is 0 Å². The molecule has 3 aromatic rings. The Morgan fingerprint density at radius 3 is 1.83 bits per heavy atom. The number of anilines is 2. The van der Waals surface area contributed by atoms with Crippen LogP contribution in [0.4, 0.5) is 11.4 Å². The molecule has 8 heteroatoms. The molecule has 35 heavy (non-hydrogen) atoms. The summed E-state index contributed by atoms with van der Waals surface area (Å²) in [5.41, 5.74) is -0.113. The van der Waals surface area contributed by atoms with E-state index in [1.807, 2.05) is 0 Å². The van der Waals surface area contributed by atoms with Crippen molar-refractivity contribution in [1.29, 1.82) is 0 Å². The van der Waals surface area contributed by atoms with Gasteiger partial charge in [0.25, 0.3) is 0 Å². The van der Waals surface area contributed by atoms with Crippen molar-refractivity contribution in [3.63, 3.8) is 0 Å². The van der Waals surface area contributed by atoms with Crippen LogP contribution in [0.3, 0.4) is 0 Å². The summed E-state index contributed by atoms with van der Waals surface area (Å²) in [7, 11) is 0. The molecule has 0 bridgehead atoms. The van der Waals surface area contributed by atoms with E-state index in [0.717, 1.165) is 0 Å². The second-order valence-electron chi connectivity index (χ2n) is 8.88. The van der Waals surface area contributed by atoms with E-state index in [-0.39, 0.29) is 6.42 Å². The number of aliphatic hydroxyl groups is 1. The van der Waals surface area contributed by atoms with Gasteiger partial charge in [0.2, 0.25) is 11.8 Å². The summed E-state index contributed by atoms with van der Waals surface area (Å²) >= 11 is 11.9. The fourth-order valence-corrected chi connectivity index (χ4v) is 4.93. The molecule has 0 saturated heterocycles. The average Bonchev–Trinajstić information content (AvgIpc) is 2.81. The number of amides is 2. The molecule has 3 aromatic carbocycles. The predicted octanol–water partition coefficient (Wildman–Crippen LogP) is 5.31. The second-order valence-corrected chi connectivity index (χ2v) is 9.76. The third-order valence-electron chi connectivity index (χ3n) is 6.24. The van der Waals surface area contributed by atoms with Gasteiger partial charge in [-0.05, 0) is 61.0 Å². The van der Waals surface area contributed by atoms with Gasteiger partial charge in [-0.25, -0.2) is 0 Å². The maximum Gasteiger partial charge on any atom is 0.235 e. The Kier molecular flexibility index (Phi) is 7.26. The van der Waals surface area contributed by atoms with Gasteiger partial charge < -0.3 is 15.7 Å². The van der Waals surface area contributed by atoms with Crippen molar-refractivity contribution in [2.24, 2.45) is 11.8 Å². The van der Waals surface area contributed by atoms with E-state index in [9.17, 15) is 19.5 Å². The van der Waals surface area contributed by atoms with Crippen LogP contribution in [0, 0.1) is 11.8 Å². The van der Waals surface area contributed by atoms with Crippen molar-refractivity contribution < 1.29 is 19.5 Å². The van der Waals surface area contributed by atoms with E-state index in [2.05, 4.69) is 10.6 Å². The molecule has 4 atom stereocenters. The third-order valence-corrected chi connectivity index (χ3v) is 6.74. The van der Waals surface area contributed by atoms with Crippen LogP contribution >= 0.6 is 23.2 Å². The maximum absolute atomic E-state index is 13.6. The average molecular weight is 511 g/mol. The molecule has 1 saturated carbocycles.